The maximum Gasteiger partial charge on any atom is 0.265 e. The van der Waals surface area contributed by atoms with Crippen LogP contribution in [0.4, 0.5) is 5.69 Å². The summed E-state index contributed by atoms with van der Waals surface area (Å²) in [5.41, 5.74) is 0.646. The van der Waals surface area contributed by atoms with Crippen molar-refractivity contribution in [2.24, 2.45) is 0 Å². The molecule has 1 aromatic rings. The van der Waals surface area contributed by atoms with E-state index in [4.69, 9.17) is 4.74 Å². The summed E-state index contributed by atoms with van der Waals surface area (Å²) >= 11 is 0. The van der Waals surface area contributed by atoms with Gasteiger partial charge in [0.05, 0.1) is 5.69 Å². The van der Waals surface area contributed by atoms with Gasteiger partial charge in [-0.2, -0.15) is 0 Å². The molecule has 0 unspecified atom stereocenters. The van der Waals surface area contributed by atoms with E-state index in [0.717, 1.165) is 0 Å². The highest BCUT2D eigenvalue weighted by Crippen LogP contribution is 2.30. The number of carbonyl (C=O) groups is 2. The number of hydrogen-bond acceptors (Lipinski definition) is 3. The van der Waals surface area contributed by atoms with Gasteiger partial charge in [-0.15, -0.1) is 0 Å². The van der Waals surface area contributed by atoms with Crippen LogP contribution in [0.3, 0.4) is 0 Å². The second-order valence-electron chi connectivity index (χ2n) is 4.46. The molecule has 96 valence electrons. The summed E-state index contributed by atoms with van der Waals surface area (Å²) in [4.78, 5) is 25.0. The summed E-state index contributed by atoms with van der Waals surface area (Å²) in [5, 5.41) is 2.77. The van der Waals surface area contributed by atoms with Gasteiger partial charge in [0.1, 0.15) is 12.3 Å². The number of rotatable bonds is 3. The minimum absolute atomic E-state index is 0.0219. The fourth-order valence-electron chi connectivity index (χ4n) is 1.84. The standard InChI is InChI=1S/C13H16N2O3/c1-9(2)14-12(16)7-15-10-5-3-4-6-11(10)18-8-13(15)17/h3-6,9H,7-8H2,1-2H3,(H,14,16). The fourth-order valence-corrected chi connectivity index (χ4v) is 1.84. The molecule has 2 amide bonds. The van der Waals surface area contributed by atoms with Gasteiger partial charge in [0.2, 0.25) is 5.91 Å². The average molecular weight is 248 g/mol. The number of fused-ring (bicyclic) bond motifs is 1. The molecule has 0 fully saturated rings. The number of carbonyl (C=O) groups excluding carboxylic acids is 2. The summed E-state index contributed by atoms with van der Waals surface area (Å²) < 4.78 is 5.31. The highest BCUT2D eigenvalue weighted by molar-refractivity contribution is 6.02. The van der Waals surface area contributed by atoms with Crippen molar-refractivity contribution in [2.75, 3.05) is 18.1 Å². The number of nitrogens with one attached hydrogen (secondary N) is 1. The summed E-state index contributed by atoms with van der Waals surface area (Å²) in [6, 6.07) is 7.27. The molecular formula is C13H16N2O3. The van der Waals surface area contributed by atoms with Crippen molar-refractivity contribution in [2.45, 2.75) is 19.9 Å². The first-order chi connectivity index (χ1) is 8.58. The van der Waals surface area contributed by atoms with Crippen LogP contribution in [0.1, 0.15) is 13.8 Å². The van der Waals surface area contributed by atoms with Crippen molar-refractivity contribution < 1.29 is 14.3 Å². The zero-order valence-corrected chi connectivity index (χ0v) is 10.5. The lowest BCUT2D eigenvalue weighted by Gasteiger charge is -2.28. The predicted octanol–water partition coefficient (Wildman–Crippen LogP) is 0.937. The van der Waals surface area contributed by atoms with Crippen LogP contribution in [0, 0.1) is 0 Å². The number of nitrogens with zero attached hydrogens (tertiary/aromatic N) is 1. The van der Waals surface area contributed by atoms with Gasteiger partial charge in [0.25, 0.3) is 5.91 Å². The second kappa shape index (κ2) is 5.08. The van der Waals surface area contributed by atoms with Gasteiger partial charge in [-0.3, -0.25) is 14.5 Å². The molecule has 1 aromatic carbocycles. The first-order valence-electron chi connectivity index (χ1n) is 5.89. The first kappa shape index (κ1) is 12.4. The first-order valence-corrected chi connectivity index (χ1v) is 5.89. The molecule has 1 aliphatic rings. The number of benzene rings is 1. The highest BCUT2D eigenvalue weighted by atomic mass is 16.5. The third kappa shape index (κ3) is 2.61. The van der Waals surface area contributed by atoms with E-state index in [1.807, 2.05) is 26.0 Å². The van der Waals surface area contributed by atoms with Crippen molar-refractivity contribution in [3.05, 3.63) is 24.3 Å². The largest absolute Gasteiger partial charge is 0.482 e. The Bertz CT molecular complexity index is 471. The molecule has 5 heteroatoms. The van der Waals surface area contributed by atoms with Crippen LogP contribution in [0.25, 0.3) is 0 Å². The molecule has 0 atom stereocenters. The molecule has 0 radical (unpaired) electrons. The van der Waals surface area contributed by atoms with E-state index < -0.39 is 0 Å². The molecule has 5 nitrogen and oxygen atoms in total. The molecule has 0 aliphatic carbocycles. The van der Waals surface area contributed by atoms with Crippen LogP contribution in [-0.4, -0.2) is 31.0 Å². The molecule has 1 N–H and O–H groups in total. The Kier molecular flexibility index (Phi) is 3.50. The zero-order valence-electron chi connectivity index (χ0n) is 10.5. The number of ether oxygens (including phenoxy) is 1. The van der Waals surface area contributed by atoms with Crippen LogP contribution in [0.5, 0.6) is 5.75 Å². The minimum Gasteiger partial charge on any atom is -0.482 e. The molecule has 0 saturated heterocycles. The van der Waals surface area contributed by atoms with Crippen LogP contribution in [0.2, 0.25) is 0 Å². The van der Waals surface area contributed by atoms with E-state index in [1.54, 1.807) is 12.1 Å². The number of para-hydroxylation sites is 2. The van der Waals surface area contributed by atoms with Gasteiger partial charge >= 0.3 is 0 Å². The van der Waals surface area contributed by atoms with Crippen molar-refractivity contribution in [3.63, 3.8) is 0 Å². The topological polar surface area (TPSA) is 58.6 Å². The van der Waals surface area contributed by atoms with Crippen molar-refractivity contribution in [1.82, 2.24) is 5.32 Å². The SMILES string of the molecule is CC(C)NC(=O)CN1C(=O)COc2ccccc21. The molecule has 0 spiro atoms. The minimum atomic E-state index is -0.201. The van der Waals surface area contributed by atoms with Gasteiger partial charge in [0.15, 0.2) is 6.61 Å². The molecule has 18 heavy (non-hydrogen) atoms. The number of amides is 2. The molecular weight excluding hydrogens is 232 g/mol. The molecule has 1 aliphatic heterocycles. The van der Waals surface area contributed by atoms with E-state index in [-0.39, 0.29) is 31.0 Å². The van der Waals surface area contributed by atoms with E-state index >= 15 is 0 Å². The average Bonchev–Trinajstić information content (AvgIpc) is 2.32. The lowest BCUT2D eigenvalue weighted by atomic mass is 10.2. The van der Waals surface area contributed by atoms with E-state index in [9.17, 15) is 9.59 Å². The highest BCUT2D eigenvalue weighted by Gasteiger charge is 2.26. The Morgan fingerprint density at radius 2 is 2.17 bits per heavy atom. The molecule has 0 saturated carbocycles. The third-order valence-electron chi connectivity index (χ3n) is 2.56. The quantitative estimate of drug-likeness (QED) is 0.866. The van der Waals surface area contributed by atoms with Gasteiger partial charge in [0, 0.05) is 6.04 Å². The van der Waals surface area contributed by atoms with Gasteiger partial charge < -0.3 is 10.1 Å². The van der Waals surface area contributed by atoms with Crippen LogP contribution < -0.4 is 15.0 Å². The predicted molar refractivity (Wildman–Crippen MR) is 67.6 cm³/mol. The summed E-state index contributed by atoms with van der Waals surface area (Å²) in [5.74, 6) is 0.261. The van der Waals surface area contributed by atoms with Crippen LogP contribution in [0.15, 0.2) is 24.3 Å². The Labute approximate surface area is 106 Å². The summed E-state index contributed by atoms with van der Waals surface area (Å²) in [6.07, 6.45) is 0. The number of anilines is 1. The number of hydrogen-bond donors (Lipinski definition) is 1. The lowest BCUT2D eigenvalue weighted by molar-refractivity contribution is -0.125. The van der Waals surface area contributed by atoms with Crippen molar-refractivity contribution >= 4 is 17.5 Å². The second-order valence-corrected chi connectivity index (χ2v) is 4.46. The smallest absolute Gasteiger partial charge is 0.265 e. The zero-order chi connectivity index (χ0) is 13.1. The molecule has 2 rings (SSSR count). The molecule has 0 aromatic heterocycles. The Morgan fingerprint density at radius 1 is 1.44 bits per heavy atom. The van der Waals surface area contributed by atoms with Gasteiger partial charge in [-0.05, 0) is 26.0 Å². The Hall–Kier alpha value is -2.04. The fraction of sp³-hybridized carbons (Fsp3) is 0.385. The van der Waals surface area contributed by atoms with Crippen LogP contribution >= 0.6 is 0 Å². The molecule has 1 heterocycles. The van der Waals surface area contributed by atoms with E-state index in [1.165, 1.54) is 4.90 Å². The van der Waals surface area contributed by atoms with Gasteiger partial charge in [-0.25, -0.2) is 0 Å². The van der Waals surface area contributed by atoms with Crippen molar-refractivity contribution in [3.8, 4) is 5.75 Å². The van der Waals surface area contributed by atoms with E-state index in [0.29, 0.717) is 11.4 Å². The van der Waals surface area contributed by atoms with Gasteiger partial charge in [-0.1, -0.05) is 12.1 Å². The third-order valence-corrected chi connectivity index (χ3v) is 2.56. The monoisotopic (exact) mass is 248 g/mol. The summed E-state index contributed by atoms with van der Waals surface area (Å²) in [6.45, 7) is 3.77. The lowest BCUT2D eigenvalue weighted by Crippen LogP contribution is -2.46. The Morgan fingerprint density at radius 3 is 2.89 bits per heavy atom. The Balaban J connectivity index is 2.17. The van der Waals surface area contributed by atoms with E-state index in [2.05, 4.69) is 5.32 Å². The van der Waals surface area contributed by atoms with Crippen LogP contribution in [-0.2, 0) is 9.59 Å². The normalized spacial score (nSPS) is 14.2. The molecule has 0 bridgehead atoms. The van der Waals surface area contributed by atoms with Crippen molar-refractivity contribution in [1.29, 1.82) is 0 Å². The maximum absolute atomic E-state index is 11.8. The summed E-state index contributed by atoms with van der Waals surface area (Å²) in [7, 11) is 0. The maximum atomic E-state index is 11.8.